The summed E-state index contributed by atoms with van der Waals surface area (Å²) in [6.45, 7) is 3.21. The number of thiol groups is 1. The molecule has 1 aliphatic carbocycles. The lowest BCUT2D eigenvalue weighted by Crippen LogP contribution is -2.42. The number of nitrogens with zero attached hydrogens (tertiary/aromatic N) is 1. The van der Waals surface area contributed by atoms with Crippen molar-refractivity contribution in [1.82, 2.24) is 4.90 Å². The fraction of sp³-hybridized carbons (Fsp3) is 0.533. The Bertz CT molecular complexity index is 491. The maximum Gasteiger partial charge on any atom is 0.255 e. The number of carbonyl (C=O) groups excluding carboxylic acids is 1. The van der Waals surface area contributed by atoms with Gasteiger partial charge in [0.2, 0.25) is 0 Å². The molecule has 0 radical (unpaired) electrons. The molecule has 0 bridgehead atoms. The number of methoxy groups -OCH3 is 1. The molecule has 1 aliphatic rings. The van der Waals surface area contributed by atoms with Crippen LogP contribution in [0.25, 0.3) is 0 Å². The second-order valence-electron chi connectivity index (χ2n) is 5.23. The first-order valence-electron chi connectivity index (χ1n) is 6.83. The summed E-state index contributed by atoms with van der Waals surface area (Å²) >= 11 is 10.4. The zero-order chi connectivity index (χ0) is 14.7. The average Bonchev–Trinajstić information content (AvgIpc) is 3.26. The van der Waals surface area contributed by atoms with E-state index in [4.69, 9.17) is 16.3 Å². The van der Waals surface area contributed by atoms with Crippen molar-refractivity contribution in [2.24, 2.45) is 5.92 Å². The summed E-state index contributed by atoms with van der Waals surface area (Å²) in [6, 6.07) is 5.45. The molecule has 20 heavy (non-hydrogen) atoms. The van der Waals surface area contributed by atoms with Gasteiger partial charge in [0.15, 0.2) is 0 Å². The van der Waals surface area contributed by atoms with Crippen LogP contribution in [0.1, 0.15) is 30.1 Å². The largest absolute Gasteiger partial charge is 0.383 e. The third-order valence-electron chi connectivity index (χ3n) is 3.77. The van der Waals surface area contributed by atoms with Crippen LogP contribution in [0, 0.1) is 5.92 Å². The Balaban J connectivity index is 2.22. The Hall–Kier alpha value is -0.710. The minimum Gasteiger partial charge on any atom is -0.383 e. The highest BCUT2D eigenvalue weighted by Crippen LogP contribution is 2.36. The highest BCUT2D eigenvalue weighted by molar-refractivity contribution is 7.80. The Morgan fingerprint density at radius 3 is 2.85 bits per heavy atom. The van der Waals surface area contributed by atoms with Crippen LogP contribution in [-0.4, -0.2) is 37.1 Å². The van der Waals surface area contributed by atoms with Crippen LogP contribution in [0.15, 0.2) is 23.1 Å². The molecule has 1 aromatic carbocycles. The summed E-state index contributed by atoms with van der Waals surface area (Å²) < 4.78 is 5.12. The van der Waals surface area contributed by atoms with Crippen molar-refractivity contribution in [2.45, 2.75) is 30.7 Å². The first-order valence-corrected chi connectivity index (χ1v) is 7.65. The van der Waals surface area contributed by atoms with Crippen molar-refractivity contribution >= 4 is 30.1 Å². The van der Waals surface area contributed by atoms with Gasteiger partial charge in [0.05, 0.1) is 17.2 Å². The summed E-state index contributed by atoms with van der Waals surface area (Å²) in [4.78, 5) is 15.4. The van der Waals surface area contributed by atoms with Crippen molar-refractivity contribution in [2.75, 3.05) is 20.3 Å². The molecule has 1 fully saturated rings. The van der Waals surface area contributed by atoms with Crippen LogP contribution in [0.4, 0.5) is 0 Å². The van der Waals surface area contributed by atoms with Crippen LogP contribution >= 0.6 is 24.2 Å². The Kier molecular flexibility index (Phi) is 5.35. The van der Waals surface area contributed by atoms with E-state index in [0.717, 1.165) is 4.90 Å². The van der Waals surface area contributed by atoms with E-state index in [-0.39, 0.29) is 11.9 Å². The van der Waals surface area contributed by atoms with Gasteiger partial charge in [-0.2, -0.15) is 0 Å². The van der Waals surface area contributed by atoms with Gasteiger partial charge < -0.3 is 9.64 Å². The topological polar surface area (TPSA) is 29.5 Å². The molecule has 0 saturated heterocycles. The number of carbonyl (C=O) groups is 1. The number of halogens is 1. The molecular weight excluding hydrogens is 294 g/mol. The first-order chi connectivity index (χ1) is 9.54. The Labute approximate surface area is 130 Å². The number of amides is 1. The van der Waals surface area contributed by atoms with Gasteiger partial charge in [-0.05, 0) is 43.9 Å². The van der Waals surface area contributed by atoms with E-state index in [0.29, 0.717) is 29.7 Å². The SMILES string of the molecule is COCCN(C(=O)c1cc(S)ccc1Cl)C(C)C1CC1. The van der Waals surface area contributed by atoms with Crippen LogP contribution in [0.5, 0.6) is 0 Å². The minimum atomic E-state index is -0.0395. The number of hydrogen-bond acceptors (Lipinski definition) is 3. The van der Waals surface area contributed by atoms with Gasteiger partial charge in [-0.3, -0.25) is 4.79 Å². The summed E-state index contributed by atoms with van der Waals surface area (Å²) in [5.74, 6) is 0.566. The predicted octanol–water partition coefficient (Wildman–Crippen LogP) is 3.52. The van der Waals surface area contributed by atoms with E-state index in [1.165, 1.54) is 12.8 Å². The summed E-state index contributed by atoms with van der Waals surface area (Å²) in [5, 5.41) is 0.471. The maximum absolute atomic E-state index is 12.7. The third kappa shape index (κ3) is 3.68. The highest BCUT2D eigenvalue weighted by atomic mass is 35.5. The summed E-state index contributed by atoms with van der Waals surface area (Å²) in [6.07, 6.45) is 2.39. The zero-order valence-corrected chi connectivity index (χ0v) is 13.5. The third-order valence-corrected chi connectivity index (χ3v) is 4.38. The van der Waals surface area contributed by atoms with Crippen LogP contribution in [0.3, 0.4) is 0 Å². The molecular formula is C15H20ClNO2S. The number of hydrogen-bond donors (Lipinski definition) is 1. The molecule has 0 aromatic heterocycles. The first kappa shape index (κ1) is 15.7. The predicted molar refractivity (Wildman–Crippen MR) is 83.8 cm³/mol. The van der Waals surface area contributed by atoms with E-state index >= 15 is 0 Å². The van der Waals surface area contributed by atoms with Crippen LogP contribution in [-0.2, 0) is 4.74 Å². The van der Waals surface area contributed by atoms with Gasteiger partial charge in [0.1, 0.15) is 0 Å². The Morgan fingerprint density at radius 2 is 2.25 bits per heavy atom. The number of benzene rings is 1. The molecule has 0 N–H and O–H groups in total. The Morgan fingerprint density at radius 1 is 1.55 bits per heavy atom. The maximum atomic E-state index is 12.7. The molecule has 0 spiro atoms. The molecule has 2 rings (SSSR count). The molecule has 5 heteroatoms. The van der Waals surface area contributed by atoms with Crippen LogP contribution in [0.2, 0.25) is 5.02 Å². The standard InChI is InChI=1S/C15H20ClNO2S/c1-10(11-3-4-11)17(7-8-19-2)15(18)13-9-12(20)5-6-14(13)16/h5-6,9-11,20H,3-4,7-8H2,1-2H3. The van der Waals surface area contributed by atoms with Gasteiger partial charge >= 0.3 is 0 Å². The van der Waals surface area contributed by atoms with Gasteiger partial charge in [-0.1, -0.05) is 11.6 Å². The average molecular weight is 314 g/mol. The quantitative estimate of drug-likeness (QED) is 0.814. The second-order valence-corrected chi connectivity index (χ2v) is 6.16. The van der Waals surface area contributed by atoms with Gasteiger partial charge in [-0.15, -0.1) is 12.6 Å². The fourth-order valence-electron chi connectivity index (χ4n) is 2.34. The second kappa shape index (κ2) is 6.83. The van der Waals surface area contributed by atoms with E-state index < -0.39 is 0 Å². The van der Waals surface area contributed by atoms with E-state index in [2.05, 4.69) is 19.6 Å². The molecule has 1 unspecified atom stereocenters. The molecule has 0 aliphatic heterocycles. The lowest BCUT2D eigenvalue weighted by Gasteiger charge is -2.29. The van der Waals surface area contributed by atoms with Crippen molar-refractivity contribution < 1.29 is 9.53 Å². The highest BCUT2D eigenvalue weighted by Gasteiger charge is 2.34. The van der Waals surface area contributed by atoms with E-state index in [1.807, 2.05) is 4.90 Å². The van der Waals surface area contributed by atoms with Crippen molar-refractivity contribution in [3.63, 3.8) is 0 Å². The number of ether oxygens (including phenoxy) is 1. The van der Waals surface area contributed by atoms with Crippen molar-refractivity contribution in [3.8, 4) is 0 Å². The molecule has 1 atom stereocenters. The monoisotopic (exact) mass is 313 g/mol. The van der Waals surface area contributed by atoms with Crippen molar-refractivity contribution in [1.29, 1.82) is 0 Å². The van der Waals surface area contributed by atoms with E-state index in [1.54, 1.807) is 25.3 Å². The van der Waals surface area contributed by atoms with Gasteiger partial charge in [0.25, 0.3) is 5.91 Å². The normalized spacial score (nSPS) is 16.0. The molecule has 1 aromatic rings. The summed E-state index contributed by atoms with van der Waals surface area (Å²) in [7, 11) is 1.64. The van der Waals surface area contributed by atoms with Crippen molar-refractivity contribution in [3.05, 3.63) is 28.8 Å². The zero-order valence-electron chi connectivity index (χ0n) is 11.8. The molecule has 0 heterocycles. The molecule has 1 saturated carbocycles. The summed E-state index contributed by atoms with van der Waals surface area (Å²) in [5.41, 5.74) is 0.516. The van der Waals surface area contributed by atoms with Gasteiger partial charge in [0, 0.05) is 24.6 Å². The lowest BCUT2D eigenvalue weighted by molar-refractivity contribution is 0.0594. The fourth-order valence-corrected chi connectivity index (χ4v) is 2.75. The number of rotatable bonds is 6. The van der Waals surface area contributed by atoms with Gasteiger partial charge in [-0.25, -0.2) is 0 Å². The minimum absolute atomic E-state index is 0.0395. The molecule has 1 amide bonds. The lowest BCUT2D eigenvalue weighted by atomic mass is 10.1. The van der Waals surface area contributed by atoms with E-state index in [9.17, 15) is 4.79 Å². The smallest absolute Gasteiger partial charge is 0.255 e. The van der Waals surface area contributed by atoms with Crippen LogP contribution < -0.4 is 0 Å². The molecule has 110 valence electrons. The molecule has 3 nitrogen and oxygen atoms in total.